The van der Waals surface area contributed by atoms with Crippen molar-refractivity contribution in [3.8, 4) is 0 Å². The summed E-state index contributed by atoms with van der Waals surface area (Å²) in [5.74, 6) is -0.252. The van der Waals surface area contributed by atoms with E-state index >= 15 is 0 Å². The largest absolute Gasteiger partial charge is 0.368 e. The smallest absolute Gasteiger partial charge is 0.234 e. The van der Waals surface area contributed by atoms with Gasteiger partial charge in [0.15, 0.2) is 0 Å². The van der Waals surface area contributed by atoms with Crippen molar-refractivity contribution in [3.05, 3.63) is 34.9 Å². The first kappa shape index (κ1) is 15.3. The topological polar surface area (TPSA) is 49.6 Å². The summed E-state index contributed by atoms with van der Waals surface area (Å²) in [5, 5.41) is 0.813. The highest BCUT2D eigenvalue weighted by Gasteiger charge is 2.27. The van der Waals surface area contributed by atoms with Crippen LogP contribution in [0.25, 0.3) is 0 Å². The summed E-state index contributed by atoms with van der Waals surface area (Å²) in [6.07, 6.45) is 0. The van der Waals surface area contributed by atoms with E-state index in [0.29, 0.717) is 0 Å². The lowest BCUT2D eigenvalue weighted by atomic mass is 10.1. The molecule has 1 amide bonds. The van der Waals surface area contributed by atoms with E-state index in [0.717, 1.165) is 36.8 Å². The van der Waals surface area contributed by atoms with E-state index in [4.69, 9.17) is 17.3 Å². The molecular formula is C15H22ClN3O. The summed E-state index contributed by atoms with van der Waals surface area (Å²) in [6, 6.07) is 8.07. The maximum atomic E-state index is 11.2. The van der Waals surface area contributed by atoms with Crippen LogP contribution in [0, 0.1) is 0 Å². The summed E-state index contributed by atoms with van der Waals surface area (Å²) in [4.78, 5) is 15.8. The molecule has 0 unspecified atom stereocenters. The molecule has 0 spiro atoms. The predicted molar refractivity (Wildman–Crippen MR) is 81.7 cm³/mol. The van der Waals surface area contributed by atoms with Gasteiger partial charge in [0.05, 0.1) is 6.04 Å². The first-order valence-corrected chi connectivity index (χ1v) is 7.40. The Balaban J connectivity index is 1.97. The molecule has 1 heterocycles. The second-order valence-corrected chi connectivity index (χ2v) is 5.75. The first-order valence-electron chi connectivity index (χ1n) is 7.02. The van der Waals surface area contributed by atoms with Crippen LogP contribution in [0.2, 0.25) is 5.02 Å². The van der Waals surface area contributed by atoms with E-state index in [9.17, 15) is 4.79 Å². The fourth-order valence-corrected chi connectivity index (χ4v) is 3.00. The Hall–Kier alpha value is -1.10. The molecule has 5 heteroatoms. The van der Waals surface area contributed by atoms with Gasteiger partial charge >= 0.3 is 0 Å². The molecule has 1 fully saturated rings. The van der Waals surface area contributed by atoms with Gasteiger partial charge in [-0.25, -0.2) is 0 Å². The highest BCUT2D eigenvalue weighted by Crippen LogP contribution is 2.27. The molecule has 4 nitrogen and oxygen atoms in total. The van der Waals surface area contributed by atoms with Crippen LogP contribution in [0.15, 0.2) is 24.3 Å². The molecule has 2 atom stereocenters. The fraction of sp³-hybridized carbons (Fsp3) is 0.533. The Morgan fingerprint density at radius 2 is 1.70 bits per heavy atom. The predicted octanol–water partition coefficient (Wildman–Crippen LogP) is 1.89. The molecule has 0 bridgehead atoms. The molecule has 0 aliphatic carbocycles. The number of hydrogen-bond acceptors (Lipinski definition) is 3. The van der Waals surface area contributed by atoms with Crippen molar-refractivity contribution < 1.29 is 4.79 Å². The van der Waals surface area contributed by atoms with Crippen LogP contribution in [-0.2, 0) is 4.79 Å². The van der Waals surface area contributed by atoms with Gasteiger partial charge < -0.3 is 5.73 Å². The van der Waals surface area contributed by atoms with Gasteiger partial charge in [0.25, 0.3) is 0 Å². The van der Waals surface area contributed by atoms with E-state index in [1.165, 1.54) is 0 Å². The maximum Gasteiger partial charge on any atom is 0.234 e. The Kier molecular flexibility index (Phi) is 5.02. The highest BCUT2D eigenvalue weighted by atomic mass is 35.5. The molecule has 2 N–H and O–H groups in total. The third-order valence-corrected chi connectivity index (χ3v) is 4.56. The van der Waals surface area contributed by atoms with Crippen LogP contribution in [-0.4, -0.2) is 47.9 Å². The van der Waals surface area contributed by atoms with Crippen molar-refractivity contribution in [2.24, 2.45) is 5.73 Å². The number of amides is 1. The highest BCUT2D eigenvalue weighted by molar-refractivity contribution is 6.31. The number of rotatable bonds is 4. The van der Waals surface area contributed by atoms with Crippen molar-refractivity contribution in [1.82, 2.24) is 9.80 Å². The lowest BCUT2D eigenvalue weighted by Gasteiger charge is -2.40. The van der Waals surface area contributed by atoms with Crippen molar-refractivity contribution in [2.45, 2.75) is 25.9 Å². The summed E-state index contributed by atoms with van der Waals surface area (Å²) >= 11 is 6.26. The maximum absolute atomic E-state index is 11.2. The SMILES string of the molecule is C[C@H](C(N)=O)N1CCN([C@@H](C)c2ccccc2Cl)CC1. The zero-order valence-electron chi connectivity index (χ0n) is 12.1. The molecule has 110 valence electrons. The lowest BCUT2D eigenvalue weighted by molar-refractivity contribution is -0.123. The molecular weight excluding hydrogens is 274 g/mol. The van der Waals surface area contributed by atoms with Gasteiger partial charge in [-0.3, -0.25) is 14.6 Å². The second-order valence-electron chi connectivity index (χ2n) is 5.35. The van der Waals surface area contributed by atoms with E-state index in [1.807, 2.05) is 25.1 Å². The van der Waals surface area contributed by atoms with Crippen molar-refractivity contribution in [1.29, 1.82) is 0 Å². The van der Waals surface area contributed by atoms with E-state index in [-0.39, 0.29) is 18.0 Å². The summed E-state index contributed by atoms with van der Waals surface area (Å²) < 4.78 is 0. The van der Waals surface area contributed by atoms with Gasteiger partial charge in [-0.2, -0.15) is 0 Å². The molecule has 0 saturated carbocycles. The lowest BCUT2D eigenvalue weighted by Crippen LogP contribution is -2.53. The monoisotopic (exact) mass is 295 g/mol. The number of nitrogens with zero attached hydrogens (tertiary/aromatic N) is 2. The minimum atomic E-state index is -0.252. The summed E-state index contributed by atoms with van der Waals surface area (Å²) in [6.45, 7) is 7.61. The Morgan fingerprint density at radius 3 is 2.25 bits per heavy atom. The number of nitrogens with two attached hydrogens (primary N) is 1. The van der Waals surface area contributed by atoms with Crippen LogP contribution in [0.1, 0.15) is 25.5 Å². The third-order valence-electron chi connectivity index (χ3n) is 4.21. The minimum Gasteiger partial charge on any atom is -0.368 e. The van der Waals surface area contributed by atoms with Crippen LogP contribution < -0.4 is 5.73 Å². The zero-order chi connectivity index (χ0) is 14.7. The van der Waals surface area contributed by atoms with Gasteiger partial charge in [-0.15, -0.1) is 0 Å². The third kappa shape index (κ3) is 3.32. The normalized spacial score (nSPS) is 20.6. The zero-order valence-corrected chi connectivity index (χ0v) is 12.8. The molecule has 1 aliphatic rings. The Bertz CT molecular complexity index is 472. The number of carbonyl (C=O) groups is 1. The van der Waals surface area contributed by atoms with Crippen molar-refractivity contribution in [3.63, 3.8) is 0 Å². The number of hydrogen-bond donors (Lipinski definition) is 1. The molecule has 2 rings (SSSR count). The van der Waals surface area contributed by atoms with Crippen LogP contribution in [0.5, 0.6) is 0 Å². The Labute approximate surface area is 125 Å². The minimum absolute atomic E-state index is 0.187. The van der Waals surface area contributed by atoms with E-state index in [2.05, 4.69) is 22.8 Å². The molecule has 1 saturated heterocycles. The van der Waals surface area contributed by atoms with E-state index < -0.39 is 0 Å². The molecule has 0 aromatic heterocycles. The fourth-order valence-electron chi connectivity index (χ4n) is 2.70. The first-order chi connectivity index (χ1) is 9.50. The number of carbonyl (C=O) groups excluding carboxylic acids is 1. The van der Waals surface area contributed by atoms with Gasteiger partial charge in [0, 0.05) is 37.2 Å². The number of piperazine rings is 1. The number of halogens is 1. The standard InChI is InChI=1S/C15H22ClN3O/c1-11(13-5-3-4-6-14(13)16)18-7-9-19(10-8-18)12(2)15(17)20/h3-6,11-12H,7-10H2,1-2H3,(H2,17,20)/t11-,12+/m0/s1. The average Bonchev–Trinajstić information content (AvgIpc) is 2.46. The molecule has 1 aromatic rings. The van der Waals surface area contributed by atoms with Crippen LogP contribution in [0.4, 0.5) is 0 Å². The van der Waals surface area contributed by atoms with Gasteiger partial charge in [-0.05, 0) is 25.5 Å². The van der Waals surface area contributed by atoms with Crippen LogP contribution >= 0.6 is 11.6 Å². The molecule has 1 aromatic carbocycles. The molecule has 20 heavy (non-hydrogen) atoms. The quantitative estimate of drug-likeness (QED) is 0.923. The number of benzene rings is 1. The van der Waals surface area contributed by atoms with Gasteiger partial charge in [0.2, 0.25) is 5.91 Å². The average molecular weight is 296 g/mol. The van der Waals surface area contributed by atoms with Gasteiger partial charge in [-0.1, -0.05) is 29.8 Å². The van der Waals surface area contributed by atoms with Crippen LogP contribution in [0.3, 0.4) is 0 Å². The Morgan fingerprint density at radius 1 is 1.15 bits per heavy atom. The van der Waals surface area contributed by atoms with Gasteiger partial charge in [0.1, 0.15) is 0 Å². The number of primary amides is 1. The van der Waals surface area contributed by atoms with E-state index in [1.54, 1.807) is 0 Å². The second kappa shape index (κ2) is 6.57. The summed E-state index contributed by atoms with van der Waals surface area (Å²) in [7, 11) is 0. The van der Waals surface area contributed by atoms with Crippen molar-refractivity contribution in [2.75, 3.05) is 26.2 Å². The summed E-state index contributed by atoms with van der Waals surface area (Å²) in [5.41, 5.74) is 6.52. The molecule has 1 aliphatic heterocycles. The van der Waals surface area contributed by atoms with Crippen molar-refractivity contribution >= 4 is 17.5 Å². The molecule has 0 radical (unpaired) electrons.